The summed E-state index contributed by atoms with van der Waals surface area (Å²) in [7, 11) is 0. The van der Waals surface area contributed by atoms with Gasteiger partial charge in [-0.2, -0.15) is 0 Å². The minimum atomic E-state index is 0.0203. The van der Waals surface area contributed by atoms with E-state index in [1.54, 1.807) is 12.1 Å². The lowest BCUT2D eigenvalue weighted by atomic mass is 10.0. The number of Topliss-reactive ketones (excluding diaryl/α,β-unsaturated/α-hetero) is 1. The SMILES string of the molecule is O=C1CCCCCC1=C(O)c1ccco1. The third-order valence-corrected chi connectivity index (χ3v) is 2.71. The van der Waals surface area contributed by atoms with E-state index in [9.17, 15) is 9.90 Å². The Morgan fingerprint density at radius 1 is 1.27 bits per heavy atom. The summed E-state index contributed by atoms with van der Waals surface area (Å²) in [6, 6.07) is 3.37. The molecular formula is C12H14O3. The lowest BCUT2D eigenvalue weighted by molar-refractivity contribution is -0.115. The molecule has 80 valence electrons. The van der Waals surface area contributed by atoms with Crippen LogP contribution in [0, 0.1) is 0 Å². The van der Waals surface area contributed by atoms with Crippen LogP contribution in [0.3, 0.4) is 0 Å². The largest absolute Gasteiger partial charge is 0.504 e. The monoisotopic (exact) mass is 206 g/mol. The first-order chi connectivity index (χ1) is 7.29. The van der Waals surface area contributed by atoms with Gasteiger partial charge in [-0.25, -0.2) is 0 Å². The standard InChI is InChI=1S/C12H14O3/c13-10-6-3-1-2-5-9(10)12(14)11-7-4-8-15-11/h4,7-8,14H,1-3,5-6H2. The van der Waals surface area contributed by atoms with Gasteiger partial charge in [-0.15, -0.1) is 0 Å². The minimum Gasteiger partial charge on any atom is -0.504 e. The molecule has 15 heavy (non-hydrogen) atoms. The van der Waals surface area contributed by atoms with Crippen LogP contribution in [0.5, 0.6) is 0 Å². The van der Waals surface area contributed by atoms with Gasteiger partial charge >= 0.3 is 0 Å². The normalized spacial score (nSPS) is 21.2. The molecule has 1 aromatic heterocycles. The fourth-order valence-corrected chi connectivity index (χ4v) is 1.87. The molecule has 1 aliphatic carbocycles. The zero-order chi connectivity index (χ0) is 10.7. The first-order valence-corrected chi connectivity index (χ1v) is 5.28. The van der Waals surface area contributed by atoms with Gasteiger partial charge in [0.2, 0.25) is 0 Å². The fourth-order valence-electron chi connectivity index (χ4n) is 1.87. The molecule has 0 aromatic carbocycles. The lowest BCUT2D eigenvalue weighted by Gasteiger charge is -2.04. The second-order valence-corrected chi connectivity index (χ2v) is 3.79. The number of hydrogen-bond donors (Lipinski definition) is 1. The Labute approximate surface area is 88.4 Å². The van der Waals surface area contributed by atoms with Crippen LogP contribution < -0.4 is 0 Å². The van der Waals surface area contributed by atoms with E-state index in [0.29, 0.717) is 24.2 Å². The Balaban J connectivity index is 2.33. The van der Waals surface area contributed by atoms with Crippen LogP contribution in [0.15, 0.2) is 28.4 Å². The number of hydrogen-bond acceptors (Lipinski definition) is 3. The molecule has 1 saturated carbocycles. The molecule has 0 unspecified atom stereocenters. The molecule has 0 spiro atoms. The van der Waals surface area contributed by atoms with Gasteiger partial charge in [-0.1, -0.05) is 6.42 Å². The Morgan fingerprint density at radius 2 is 2.07 bits per heavy atom. The van der Waals surface area contributed by atoms with E-state index in [2.05, 4.69) is 0 Å². The molecule has 3 nitrogen and oxygen atoms in total. The second-order valence-electron chi connectivity index (χ2n) is 3.79. The van der Waals surface area contributed by atoms with Crippen LogP contribution in [0.25, 0.3) is 5.76 Å². The third kappa shape index (κ3) is 2.12. The molecule has 3 heteroatoms. The molecule has 0 bridgehead atoms. The Bertz CT molecular complexity index is 374. The van der Waals surface area contributed by atoms with E-state index in [1.807, 2.05) is 0 Å². The van der Waals surface area contributed by atoms with Crippen molar-refractivity contribution in [1.82, 2.24) is 0 Å². The summed E-state index contributed by atoms with van der Waals surface area (Å²) in [5.74, 6) is 0.466. The van der Waals surface area contributed by atoms with E-state index < -0.39 is 0 Å². The zero-order valence-corrected chi connectivity index (χ0v) is 8.53. The first kappa shape index (κ1) is 10.0. The average molecular weight is 206 g/mol. The number of aliphatic hydroxyl groups is 1. The van der Waals surface area contributed by atoms with Gasteiger partial charge in [0.1, 0.15) is 0 Å². The van der Waals surface area contributed by atoms with Gasteiger partial charge < -0.3 is 9.52 Å². The maximum absolute atomic E-state index is 11.7. The molecule has 2 rings (SSSR count). The van der Waals surface area contributed by atoms with Crippen molar-refractivity contribution in [2.75, 3.05) is 0 Å². The van der Waals surface area contributed by atoms with E-state index in [4.69, 9.17) is 4.42 Å². The number of aliphatic hydroxyl groups excluding tert-OH is 1. The first-order valence-electron chi connectivity index (χ1n) is 5.28. The Morgan fingerprint density at radius 3 is 2.80 bits per heavy atom. The third-order valence-electron chi connectivity index (χ3n) is 2.71. The highest BCUT2D eigenvalue weighted by Crippen LogP contribution is 2.26. The molecule has 1 aromatic rings. The highest BCUT2D eigenvalue weighted by Gasteiger charge is 2.19. The summed E-state index contributed by atoms with van der Waals surface area (Å²) in [5, 5.41) is 9.89. The van der Waals surface area contributed by atoms with Gasteiger partial charge in [0.25, 0.3) is 0 Å². The van der Waals surface area contributed by atoms with Crippen LogP contribution in [0.2, 0.25) is 0 Å². The molecule has 0 amide bonds. The maximum Gasteiger partial charge on any atom is 0.168 e. The Kier molecular flexibility index (Phi) is 2.90. The highest BCUT2D eigenvalue weighted by atomic mass is 16.4. The molecule has 0 saturated heterocycles. The van der Waals surface area contributed by atoms with Crippen LogP contribution in [0.1, 0.15) is 37.9 Å². The molecule has 0 atom stereocenters. The van der Waals surface area contributed by atoms with E-state index in [1.165, 1.54) is 6.26 Å². The number of carbonyl (C=O) groups is 1. The highest BCUT2D eigenvalue weighted by molar-refractivity contribution is 6.01. The quantitative estimate of drug-likeness (QED) is 0.436. The summed E-state index contributed by atoms with van der Waals surface area (Å²) in [6.45, 7) is 0. The summed E-state index contributed by atoms with van der Waals surface area (Å²) in [5.41, 5.74) is 0.530. The minimum absolute atomic E-state index is 0.0203. The molecule has 1 aliphatic rings. The summed E-state index contributed by atoms with van der Waals surface area (Å²) in [4.78, 5) is 11.7. The number of furan rings is 1. The van der Waals surface area contributed by atoms with Crippen molar-refractivity contribution in [3.8, 4) is 0 Å². The van der Waals surface area contributed by atoms with E-state index in [0.717, 1.165) is 19.3 Å². The van der Waals surface area contributed by atoms with Gasteiger partial charge in [0.15, 0.2) is 17.3 Å². The van der Waals surface area contributed by atoms with Crippen molar-refractivity contribution in [2.24, 2.45) is 0 Å². The average Bonchev–Trinajstić information content (AvgIpc) is 2.68. The number of allylic oxidation sites excluding steroid dienone is 1. The smallest absolute Gasteiger partial charge is 0.168 e. The topological polar surface area (TPSA) is 50.4 Å². The molecule has 1 heterocycles. The predicted molar refractivity (Wildman–Crippen MR) is 56.3 cm³/mol. The van der Waals surface area contributed by atoms with Crippen LogP contribution in [-0.2, 0) is 4.79 Å². The van der Waals surface area contributed by atoms with Crippen LogP contribution >= 0.6 is 0 Å². The number of rotatable bonds is 1. The van der Waals surface area contributed by atoms with E-state index >= 15 is 0 Å². The molecule has 0 aliphatic heterocycles. The van der Waals surface area contributed by atoms with Gasteiger partial charge in [0.05, 0.1) is 6.26 Å². The van der Waals surface area contributed by atoms with Crippen molar-refractivity contribution in [2.45, 2.75) is 32.1 Å². The van der Waals surface area contributed by atoms with Crippen LogP contribution in [-0.4, -0.2) is 10.9 Å². The molecule has 1 fully saturated rings. The second kappa shape index (κ2) is 4.34. The maximum atomic E-state index is 11.7. The van der Waals surface area contributed by atoms with Gasteiger partial charge in [-0.05, 0) is 31.4 Å². The Hall–Kier alpha value is -1.51. The van der Waals surface area contributed by atoms with Gasteiger partial charge in [0, 0.05) is 12.0 Å². The predicted octanol–water partition coefficient (Wildman–Crippen LogP) is 3.08. The van der Waals surface area contributed by atoms with Crippen molar-refractivity contribution >= 4 is 11.5 Å². The lowest BCUT2D eigenvalue weighted by Crippen LogP contribution is -2.03. The van der Waals surface area contributed by atoms with Crippen molar-refractivity contribution in [3.05, 3.63) is 29.7 Å². The van der Waals surface area contributed by atoms with Gasteiger partial charge in [-0.3, -0.25) is 4.79 Å². The fraction of sp³-hybridized carbons (Fsp3) is 0.417. The molecule has 1 N–H and O–H groups in total. The zero-order valence-electron chi connectivity index (χ0n) is 8.53. The molecule has 0 radical (unpaired) electrons. The summed E-state index contributed by atoms with van der Waals surface area (Å²) in [6.07, 6.45) is 5.64. The summed E-state index contributed by atoms with van der Waals surface area (Å²) < 4.78 is 5.08. The number of carbonyl (C=O) groups excluding carboxylic acids is 1. The van der Waals surface area contributed by atoms with Crippen LogP contribution in [0.4, 0.5) is 0 Å². The molecular weight excluding hydrogens is 192 g/mol. The van der Waals surface area contributed by atoms with Crippen molar-refractivity contribution < 1.29 is 14.3 Å². The van der Waals surface area contributed by atoms with Crippen molar-refractivity contribution in [1.29, 1.82) is 0 Å². The summed E-state index contributed by atoms with van der Waals surface area (Å²) >= 11 is 0. The van der Waals surface area contributed by atoms with E-state index in [-0.39, 0.29) is 11.5 Å². The van der Waals surface area contributed by atoms with Crippen molar-refractivity contribution in [3.63, 3.8) is 0 Å². The number of ketones is 1.